The number of carbonyl (C=O) groups excluding carboxylic acids is 1. The van der Waals surface area contributed by atoms with Gasteiger partial charge in [-0.15, -0.1) is 0 Å². The first-order chi connectivity index (χ1) is 9.63. The highest BCUT2D eigenvalue weighted by Gasteiger charge is 2.24. The topological polar surface area (TPSA) is 101 Å². The fourth-order valence-corrected chi connectivity index (χ4v) is 2.77. The number of carboxylic acid groups (broad SMARTS) is 1. The second kappa shape index (κ2) is 6.66. The summed E-state index contributed by atoms with van der Waals surface area (Å²) in [4.78, 5) is 21.5. The SMILES string of the molecule is CC(C)CNC(=O)CS(=O)(=O)c1cc(C(=O)O)ccc1F. The Bertz CT molecular complexity index is 655. The molecule has 0 saturated heterocycles. The van der Waals surface area contributed by atoms with E-state index in [-0.39, 0.29) is 11.5 Å². The van der Waals surface area contributed by atoms with Crippen LogP contribution in [0.25, 0.3) is 0 Å². The first-order valence-corrected chi connectivity index (χ1v) is 7.81. The summed E-state index contributed by atoms with van der Waals surface area (Å²) in [5.41, 5.74) is -0.363. The van der Waals surface area contributed by atoms with Gasteiger partial charge in [0.1, 0.15) is 16.5 Å². The van der Waals surface area contributed by atoms with E-state index in [2.05, 4.69) is 5.32 Å². The molecule has 0 unspecified atom stereocenters. The monoisotopic (exact) mass is 317 g/mol. The second-order valence-electron chi connectivity index (χ2n) is 4.91. The molecule has 0 bridgehead atoms. The van der Waals surface area contributed by atoms with Crippen molar-refractivity contribution in [2.45, 2.75) is 18.7 Å². The van der Waals surface area contributed by atoms with Crippen molar-refractivity contribution in [2.75, 3.05) is 12.3 Å². The third-order valence-corrected chi connectivity index (χ3v) is 4.17. The van der Waals surface area contributed by atoms with Crippen molar-refractivity contribution in [3.05, 3.63) is 29.6 Å². The molecule has 0 aliphatic heterocycles. The Hall–Kier alpha value is -1.96. The van der Waals surface area contributed by atoms with Gasteiger partial charge in [0.2, 0.25) is 5.91 Å². The minimum absolute atomic E-state index is 0.142. The summed E-state index contributed by atoms with van der Waals surface area (Å²) in [6, 6.07) is 2.42. The lowest BCUT2D eigenvalue weighted by Crippen LogP contribution is -2.33. The van der Waals surface area contributed by atoms with Crippen molar-refractivity contribution in [2.24, 2.45) is 5.92 Å². The van der Waals surface area contributed by atoms with E-state index < -0.39 is 38.2 Å². The van der Waals surface area contributed by atoms with Gasteiger partial charge in [0.25, 0.3) is 0 Å². The van der Waals surface area contributed by atoms with Gasteiger partial charge >= 0.3 is 5.97 Å². The second-order valence-corrected chi connectivity index (χ2v) is 6.87. The molecule has 1 aromatic rings. The molecule has 21 heavy (non-hydrogen) atoms. The summed E-state index contributed by atoms with van der Waals surface area (Å²) in [5.74, 6) is -4.01. The minimum atomic E-state index is -4.24. The predicted molar refractivity (Wildman–Crippen MR) is 73.3 cm³/mol. The number of amides is 1. The number of hydrogen-bond donors (Lipinski definition) is 2. The molecule has 0 fully saturated rings. The van der Waals surface area contributed by atoms with Gasteiger partial charge in [0.05, 0.1) is 5.56 Å². The standard InChI is InChI=1S/C13H16FNO5S/c1-8(2)6-15-12(16)7-21(19,20)11-5-9(13(17)18)3-4-10(11)14/h3-5,8H,6-7H2,1-2H3,(H,15,16)(H,17,18). The Balaban J connectivity index is 3.00. The number of carboxylic acids is 1. The molecular formula is C13H16FNO5S. The van der Waals surface area contributed by atoms with Crippen LogP contribution in [0.4, 0.5) is 4.39 Å². The number of benzene rings is 1. The van der Waals surface area contributed by atoms with Gasteiger partial charge in [-0.05, 0) is 24.1 Å². The predicted octanol–water partition coefficient (Wildman–Crippen LogP) is 1.07. The van der Waals surface area contributed by atoms with Gasteiger partial charge in [-0.3, -0.25) is 4.79 Å². The smallest absolute Gasteiger partial charge is 0.335 e. The summed E-state index contributed by atoms with van der Waals surface area (Å²) in [6.07, 6.45) is 0. The zero-order valence-electron chi connectivity index (χ0n) is 11.6. The van der Waals surface area contributed by atoms with Crippen molar-refractivity contribution >= 4 is 21.7 Å². The fraction of sp³-hybridized carbons (Fsp3) is 0.385. The van der Waals surface area contributed by atoms with E-state index >= 15 is 0 Å². The molecule has 1 amide bonds. The van der Waals surface area contributed by atoms with Crippen LogP contribution in [0.2, 0.25) is 0 Å². The zero-order chi connectivity index (χ0) is 16.2. The van der Waals surface area contributed by atoms with Crippen LogP contribution in [0.15, 0.2) is 23.1 Å². The summed E-state index contributed by atoms with van der Waals surface area (Å²) in [6.45, 7) is 3.97. The maximum Gasteiger partial charge on any atom is 0.335 e. The van der Waals surface area contributed by atoms with Crippen LogP contribution in [-0.2, 0) is 14.6 Å². The molecule has 0 aromatic heterocycles. The van der Waals surface area contributed by atoms with E-state index in [1.165, 1.54) is 0 Å². The third kappa shape index (κ3) is 4.82. The lowest BCUT2D eigenvalue weighted by atomic mass is 10.2. The van der Waals surface area contributed by atoms with E-state index in [0.717, 1.165) is 12.1 Å². The number of nitrogens with one attached hydrogen (secondary N) is 1. The van der Waals surface area contributed by atoms with E-state index in [1.54, 1.807) is 0 Å². The molecule has 2 N–H and O–H groups in total. The average Bonchev–Trinajstić information content (AvgIpc) is 2.35. The molecule has 0 radical (unpaired) electrons. The molecule has 0 spiro atoms. The first kappa shape index (κ1) is 17.1. The molecule has 1 rings (SSSR count). The average molecular weight is 317 g/mol. The van der Waals surface area contributed by atoms with Crippen LogP contribution in [0.1, 0.15) is 24.2 Å². The van der Waals surface area contributed by atoms with Crippen LogP contribution in [0.3, 0.4) is 0 Å². The van der Waals surface area contributed by atoms with E-state index in [1.807, 2.05) is 13.8 Å². The van der Waals surface area contributed by atoms with Crippen LogP contribution < -0.4 is 5.32 Å². The van der Waals surface area contributed by atoms with Gasteiger partial charge in [-0.1, -0.05) is 13.8 Å². The van der Waals surface area contributed by atoms with Gasteiger partial charge in [0, 0.05) is 6.54 Å². The Labute approximate surface area is 121 Å². The van der Waals surface area contributed by atoms with Crippen molar-refractivity contribution in [1.29, 1.82) is 0 Å². The number of rotatable bonds is 6. The van der Waals surface area contributed by atoms with Crippen molar-refractivity contribution in [3.63, 3.8) is 0 Å². The van der Waals surface area contributed by atoms with Crippen LogP contribution in [0, 0.1) is 11.7 Å². The van der Waals surface area contributed by atoms with Gasteiger partial charge in [-0.2, -0.15) is 0 Å². The highest BCUT2D eigenvalue weighted by molar-refractivity contribution is 7.92. The third-order valence-electron chi connectivity index (χ3n) is 2.54. The molecule has 0 aliphatic rings. The molecule has 1 aromatic carbocycles. The molecule has 0 aliphatic carbocycles. The number of sulfone groups is 1. The van der Waals surface area contributed by atoms with Crippen LogP contribution >= 0.6 is 0 Å². The zero-order valence-corrected chi connectivity index (χ0v) is 12.4. The first-order valence-electron chi connectivity index (χ1n) is 6.16. The normalized spacial score (nSPS) is 11.4. The lowest BCUT2D eigenvalue weighted by molar-refractivity contribution is -0.118. The largest absolute Gasteiger partial charge is 0.478 e. The fourth-order valence-electron chi connectivity index (χ4n) is 1.49. The van der Waals surface area contributed by atoms with Gasteiger partial charge in [0.15, 0.2) is 9.84 Å². The van der Waals surface area contributed by atoms with Crippen LogP contribution in [-0.4, -0.2) is 37.7 Å². The van der Waals surface area contributed by atoms with Crippen molar-refractivity contribution < 1.29 is 27.5 Å². The Kier molecular flexibility index (Phi) is 5.42. The highest BCUT2D eigenvalue weighted by atomic mass is 32.2. The van der Waals surface area contributed by atoms with Crippen LogP contribution in [0.5, 0.6) is 0 Å². The maximum absolute atomic E-state index is 13.6. The Morgan fingerprint density at radius 2 is 1.95 bits per heavy atom. The molecule has 8 heteroatoms. The summed E-state index contributed by atoms with van der Waals surface area (Å²) in [5, 5.41) is 11.2. The Morgan fingerprint density at radius 1 is 1.33 bits per heavy atom. The highest BCUT2D eigenvalue weighted by Crippen LogP contribution is 2.18. The van der Waals surface area contributed by atoms with E-state index in [4.69, 9.17) is 5.11 Å². The van der Waals surface area contributed by atoms with E-state index in [9.17, 15) is 22.4 Å². The molecule has 116 valence electrons. The number of aromatic carboxylic acids is 1. The molecule has 0 saturated carbocycles. The molecule has 0 heterocycles. The summed E-state index contributed by atoms with van der Waals surface area (Å²) >= 11 is 0. The molecule has 6 nitrogen and oxygen atoms in total. The van der Waals surface area contributed by atoms with E-state index in [0.29, 0.717) is 12.6 Å². The summed E-state index contributed by atoms with van der Waals surface area (Å²) < 4.78 is 37.6. The molecule has 0 atom stereocenters. The summed E-state index contributed by atoms with van der Waals surface area (Å²) in [7, 11) is -4.24. The molecular weight excluding hydrogens is 301 g/mol. The number of hydrogen-bond acceptors (Lipinski definition) is 4. The Morgan fingerprint density at radius 3 is 2.48 bits per heavy atom. The maximum atomic E-state index is 13.6. The van der Waals surface area contributed by atoms with Crippen molar-refractivity contribution in [3.8, 4) is 0 Å². The lowest BCUT2D eigenvalue weighted by Gasteiger charge is -2.09. The number of halogens is 1. The van der Waals surface area contributed by atoms with Crippen molar-refractivity contribution in [1.82, 2.24) is 5.32 Å². The quantitative estimate of drug-likeness (QED) is 0.817. The number of carbonyl (C=O) groups is 2. The van der Waals surface area contributed by atoms with Gasteiger partial charge in [-0.25, -0.2) is 17.6 Å². The van der Waals surface area contributed by atoms with Gasteiger partial charge < -0.3 is 10.4 Å². The minimum Gasteiger partial charge on any atom is -0.478 e.